The smallest absolute Gasteiger partial charge is 0.338 e. The maximum absolute atomic E-state index is 12.0. The predicted molar refractivity (Wildman–Crippen MR) is 81.0 cm³/mol. The van der Waals surface area contributed by atoms with Gasteiger partial charge in [0.05, 0.1) is 17.7 Å². The SMILES string of the molecule is CCCCOC(=O)c1ccc(NC(=O)C2(N)CCC2)cc1. The highest BCUT2D eigenvalue weighted by Crippen LogP contribution is 2.30. The van der Waals surface area contributed by atoms with Crippen molar-refractivity contribution in [3.8, 4) is 0 Å². The van der Waals surface area contributed by atoms with Crippen molar-refractivity contribution in [1.29, 1.82) is 0 Å². The Morgan fingerprint density at radius 2 is 1.95 bits per heavy atom. The fourth-order valence-corrected chi connectivity index (χ4v) is 2.12. The number of ether oxygens (including phenoxy) is 1. The predicted octanol–water partition coefficient (Wildman–Crippen LogP) is 2.46. The molecule has 5 nitrogen and oxygen atoms in total. The number of hydrogen-bond donors (Lipinski definition) is 2. The molecule has 1 amide bonds. The molecule has 5 heteroatoms. The van der Waals surface area contributed by atoms with E-state index >= 15 is 0 Å². The highest BCUT2D eigenvalue weighted by Gasteiger charge is 2.40. The van der Waals surface area contributed by atoms with Crippen LogP contribution in [0.2, 0.25) is 0 Å². The van der Waals surface area contributed by atoms with Gasteiger partial charge in [-0.05, 0) is 49.9 Å². The van der Waals surface area contributed by atoms with Crippen LogP contribution in [-0.4, -0.2) is 24.0 Å². The molecule has 1 fully saturated rings. The second-order valence-corrected chi connectivity index (χ2v) is 5.53. The number of unbranched alkanes of at least 4 members (excludes halogenated alkanes) is 1. The van der Waals surface area contributed by atoms with Gasteiger partial charge in [0.25, 0.3) is 0 Å². The normalized spacial score (nSPS) is 15.9. The molecular weight excluding hydrogens is 268 g/mol. The maximum atomic E-state index is 12.0. The zero-order valence-electron chi connectivity index (χ0n) is 12.4. The number of carbonyl (C=O) groups excluding carboxylic acids is 2. The molecule has 0 spiro atoms. The van der Waals surface area contributed by atoms with E-state index in [1.54, 1.807) is 24.3 Å². The first kappa shape index (κ1) is 15.5. The summed E-state index contributed by atoms with van der Waals surface area (Å²) in [6.07, 6.45) is 4.28. The Morgan fingerprint density at radius 3 is 2.48 bits per heavy atom. The van der Waals surface area contributed by atoms with Crippen LogP contribution in [0.3, 0.4) is 0 Å². The second kappa shape index (κ2) is 6.72. The standard InChI is InChI=1S/C16H22N2O3/c1-2-3-11-21-14(19)12-5-7-13(8-6-12)18-15(20)16(17)9-4-10-16/h5-8H,2-4,9-11,17H2,1H3,(H,18,20). The Labute approximate surface area is 124 Å². The molecular formula is C16H22N2O3. The zero-order valence-corrected chi connectivity index (χ0v) is 12.4. The molecule has 0 unspecified atom stereocenters. The van der Waals surface area contributed by atoms with Gasteiger partial charge in [-0.1, -0.05) is 13.3 Å². The molecule has 114 valence electrons. The van der Waals surface area contributed by atoms with E-state index in [0.717, 1.165) is 32.1 Å². The molecule has 0 heterocycles. The molecule has 2 rings (SSSR count). The van der Waals surface area contributed by atoms with Crippen molar-refractivity contribution in [1.82, 2.24) is 0 Å². The third-order valence-electron chi connectivity index (χ3n) is 3.81. The Morgan fingerprint density at radius 1 is 1.29 bits per heavy atom. The van der Waals surface area contributed by atoms with E-state index in [1.807, 2.05) is 6.92 Å². The van der Waals surface area contributed by atoms with Crippen molar-refractivity contribution >= 4 is 17.6 Å². The van der Waals surface area contributed by atoms with Gasteiger partial charge in [-0.25, -0.2) is 4.79 Å². The number of nitrogens with two attached hydrogens (primary N) is 1. The molecule has 0 atom stereocenters. The van der Waals surface area contributed by atoms with Gasteiger partial charge in [-0.15, -0.1) is 0 Å². The minimum atomic E-state index is -0.724. The van der Waals surface area contributed by atoms with Gasteiger partial charge >= 0.3 is 5.97 Å². The van der Waals surface area contributed by atoms with Crippen LogP contribution in [0.1, 0.15) is 49.4 Å². The average Bonchev–Trinajstić information content (AvgIpc) is 2.45. The minimum Gasteiger partial charge on any atom is -0.462 e. The van der Waals surface area contributed by atoms with Crippen molar-refractivity contribution in [3.63, 3.8) is 0 Å². The molecule has 1 saturated carbocycles. The molecule has 0 aromatic heterocycles. The fraction of sp³-hybridized carbons (Fsp3) is 0.500. The van der Waals surface area contributed by atoms with Gasteiger partial charge in [0.2, 0.25) is 5.91 Å². The molecule has 1 aromatic carbocycles. The summed E-state index contributed by atoms with van der Waals surface area (Å²) in [5.41, 5.74) is 6.35. The van der Waals surface area contributed by atoms with Gasteiger partial charge in [-0.3, -0.25) is 4.79 Å². The lowest BCUT2D eigenvalue weighted by Gasteiger charge is -2.36. The van der Waals surface area contributed by atoms with Crippen LogP contribution in [0.15, 0.2) is 24.3 Å². The summed E-state index contributed by atoms with van der Waals surface area (Å²) in [6, 6.07) is 6.67. The van der Waals surface area contributed by atoms with E-state index in [9.17, 15) is 9.59 Å². The first-order chi connectivity index (χ1) is 10.0. The number of carbonyl (C=O) groups is 2. The Balaban J connectivity index is 1.89. The molecule has 1 aliphatic carbocycles. The fourth-order valence-electron chi connectivity index (χ4n) is 2.12. The molecule has 3 N–H and O–H groups in total. The summed E-state index contributed by atoms with van der Waals surface area (Å²) in [4.78, 5) is 23.7. The molecule has 0 saturated heterocycles. The lowest BCUT2D eigenvalue weighted by Crippen LogP contribution is -2.56. The lowest BCUT2D eigenvalue weighted by atomic mass is 9.77. The summed E-state index contributed by atoms with van der Waals surface area (Å²) < 4.78 is 5.12. The van der Waals surface area contributed by atoms with Gasteiger partial charge in [0.1, 0.15) is 0 Å². The number of rotatable bonds is 6. The van der Waals surface area contributed by atoms with Crippen LogP contribution >= 0.6 is 0 Å². The van der Waals surface area contributed by atoms with Gasteiger partial charge in [0.15, 0.2) is 0 Å². The zero-order chi connectivity index (χ0) is 15.3. The van der Waals surface area contributed by atoms with Gasteiger partial charge < -0.3 is 15.8 Å². The molecule has 1 aliphatic rings. The van der Waals surface area contributed by atoms with Crippen LogP contribution in [0.4, 0.5) is 5.69 Å². The Hall–Kier alpha value is -1.88. The van der Waals surface area contributed by atoms with E-state index in [2.05, 4.69) is 5.32 Å². The lowest BCUT2D eigenvalue weighted by molar-refractivity contribution is -0.123. The number of hydrogen-bond acceptors (Lipinski definition) is 4. The minimum absolute atomic E-state index is 0.160. The van der Waals surface area contributed by atoms with Crippen molar-refractivity contribution < 1.29 is 14.3 Å². The number of nitrogens with one attached hydrogen (secondary N) is 1. The van der Waals surface area contributed by atoms with E-state index in [1.165, 1.54) is 0 Å². The Kier molecular flexibility index (Phi) is 4.96. The third kappa shape index (κ3) is 3.82. The molecule has 21 heavy (non-hydrogen) atoms. The van der Waals surface area contributed by atoms with Crippen molar-refractivity contribution in [2.45, 2.75) is 44.6 Å². The third-order valence-corrected chi connectivity index (χ3v) is 3.81. The van der Waals surface area contributed by atoms with Gasteiger partial charge in [0, 0.05) is 5.69 Å². The Bertz CT molecular complexity index is 507. The first-order valence-electron chi connectivity index (χ1n) is 7.43. The van der Waals surface area contributed by atoms with E-state index in [4.69, 9.17) is 10.5 Å². The summed E-state index contributed by atoms with van der Waals surface area (Å²) in [6.45, 7) is 2.47. The largest absolute Gasteiger partial charge is 0.462 e. The van der Waals surface area contributed by atoms with Gasteiger partial charge in [-0.2, -0.15) is 0 Å². The maximum Gasteiger partial charge on any atom is 0.338 e. The van der Waals surface area contributed by atoms with Crippen molar-refractivity contribution in [3.05, 3.63) is 29.8 Å². The summed E-state index contributed by atoms with van der Waals surface area (Å²) in [5, 5.41) is 2.79. The highest BCUT2D eigenvalue weighted by molar-refractivity contribution is 5.99. The van der Waals surface area contributed by atoms with Crippen molar-refractivity contribution in [2.24, 2.45) is 5.73 Å². The quantitative estimate of drug-likeness (QED) is 0.623. The van der Waals surface area contributed by atoms with Crippen LogP contribution in [-0.2, 0) is 9.53 Å². The number of anilines is 1. The van der Waals surface area contributed by atoms with E-state index in [0.29, 0.717) is 17.9 Å². The molecule has 0 bridgehead atoms. The van der Waals surface area contributed by atoms with Crippen molar-refractivity contribution in [2.75, 3.05) is 11.9 Å². The number of esters is 1. The molecule has 1 aromatic rings. The van der Waals surface area contributed by atoms with Crippen LogP contribution in [0.25, 0.3) is 0 Å². The molecule has 0 radical (unpaired) electrons. The molecule has 0 aliphatic heterocycles. The first-order valence-corrected chi connectivity index (χ1v) is 7.43. The van der Waals surface area contributed by atoms with Crippen LogP contribution in [0, 0.1) is 0 Å². The summed E-state index contributed by atoms with van der Waals surface area (Å²) in [7, 11) is 0. The van der Waals surface area contributed by atoms with E-state index in [-0.39, 0.29) is 11.9 Å². The summed E-state index contributed by atoms with van der Waals surface area (Å²) in [5.74, 6) is -0.498. The highest BCUT2D eigenvalue weighted by atomic mass is 16.5. The van der Waals surface area contributed by atoms with Crippen LogP contribution in [0.5, 0.6) is 0 Å². The van der Waals surface area contributed by atoms with E-state index < -0.39 is 5.54 Å². The second-order valence-electron chi connectivity index (χ2n) is 5.53. The number of amides is 1. The number of benzene rings is 1. The average molecular weight is 290 g/mol. The topological polar surface area (TPSA) is 81.4 Å². The summed E-state index contributed by atoms with van der Waals surface area (Å²) >= 11 is 0. The monoisotopic (exact) mass is 290 g/mol. The van der Waals surface area contributed by atoms with Crippen LogP contribution < -0.4 is 11.1 Å².